The van der Waals surface area contributed by atoms with Crippen LogP contribution in [0.3, 0.4) is 0 Å². The lowest BCUT2D eigenvalue weighted by Gasteiger charge is -2.29. The number of rotatable bonds is 7. The summed E-state index contributed by atoms with van der Waals surface area (Å²) in [6.07, 6.45) is 9.18. The fourth-order valence-electron chi connectivity index (χ4n) is 2.99. The van der Waals surface area contributed by atoms with Crippen molar-refractivity contribution in [1.82, 2.24) is 14.5 Å². The second kappa shape index (κ2) is 7.42. The Labute approximate surface area is 161 Å². The van der Waals surface area contributed by atoms with E-state index < -0.39 is 10.1 Å². The lowest BCUT2D eigenvalue weighted by Crippen LogP contribution is -2.36. The smallest absolute Gasteiger partial charge is 0.253 e. The third-order valence-electron chi connectivity index (χ3n) is 4.66. The average Bonchev–Trinajstić information content (AvgIpc) is 3.41. The standard InChI is InChI=1S/C19H28N4O3S/c1-6-23(27(4,5)25)19-20-10-16(26-12-14-7-8-14)17(21-19)15-9-13(2)18(24)22(3)11-15/h9-11,14,27H,6-8,12H2,1-5H3. The van der Waals surface area contributed by atoms with Gasteiger partial charge in [0.2, 0.25) is 5.95 Å². The van der Waals surface area contributed by atoms with E-state index in [1.54, 1.807) is 47.7 Å². The zero-order chi connectivity index (χ0) is 19.8. The van der Waals surface area contributed by atoms with Crippen molar-refractivity contribution in [2.24, 2.45) is 13.0 Å². The van der Waals surface area contributed by atoms with E-state index in [1.807, 2.05) is 13.0 Å². The molecule has 0 unspecified atom stereocenters. The first-order chi connectivity index (χ1) is 12.7. The van der Waals surface area contributed by atoms with Crippen molar-refractivity contribution in [2.45, 2.75) is 26.7 Å². The molecule has 1 aliphatic rings. The number of hydrogen-bond donors (Lipinski definition) is 1. The molecular formula is C19H28N4O3S. The van der Waals surface area contributed by atoms with E-state index in [0.717, 1.165) is 5.56 Å². The highest BCUT2D eigenvalue weighted by molar-refractivity contribution is 8.03. The highest BCUT2D eigenvalue weighted by atomic mass is 32.3. The minimum Gasteiger partial charge on any atom is -0.489 e. The molecule has 8 heteroatoms. The maximum absolute atomic E-state index is 12.6. The molecule has 2 aromatic heterocycles. The van der Waals surface area contributed by atoms with Crippen molar-refractivity contribution in [1.29, 1.82) is 0 Å². The van der Waals surface area contributed by atoms with Crippen LogP contribution in [0.25, 0.3) is 11.3 Å². The molecule has 2 heterocycles. The Bertz CT molecular complexity index is 920. The van der Waals surface area contributed by atoms with Gasteiger partial charge in [0.1, 0.15) is 5.69 Å². The van der Waals surface area contributed by atoms with Crippen molar-refractivity contribution >= 4 is 16.1 Å². The lowest BCUT2D eigenvalue weighted by atomic mass is 10.1. The van der Waals surface area contributed by atoms with Gasteiger partial charge in [-0.1, -0.05) is 0 Å². The fourth-order valence-corrected chi connectivity index (χ4v) is 4.20. The Morgan fingerprint density at radius 1 is 1.37 bits per heavy atom. The van der Waals surface area contributed by atoms with E-state index in [0.29, 0.717) is 42.0 Å². The molecule has 148 valence electrons. The highest BCUT2D eigenvalue weighted by Gasteiger charge is 2.24. The summed E-state index contributed by atoms with van der Waals surface area (Å²) in [5.41, 5.74) is 1.98. The summed E-state index contributed by atoms with van der Waals surface area (Å²) in [5, 5.41) is 0. The van der Waals surface area contributed by atoms with Crippen LogP contribution in [0, 0.1) is 12.8 Å². The summed E-state index contributed by atoms with van der Waals surface area (Å²) < 4.78 is 21.9. The zero-order valence-corrected chi connectivity index (χ0v) is 17.5. The number of aromatic nitrogens is 3. The molecule has 0 spiro atoms. The lowest BCUT2D eigenvalue weighted by molar-refractivity contribution is 0.299. The first-order valence-corrected chi connectivity index (χ1v) is 11.8. The Kier molecular flexibility index (Phi) is 5.37. The van der Waals surface area contributed by atoms with Gasteiger partial charge in [-0.3, -0.25) is 13.3 Å². The van der Waals surface area contributed by atoms with Crippen LogP contribution in [-0.4, -0.2) is 44.4 Å². The minimum atomic E-state index is -2.56. The molecule has 0 bridgehead atoms. The Morgan fingerprint density at radius 2 is 2.07 bits per heavy atom. The van der Waals surface area contributed by atoms with Gasteiger partial charge in [0, 0.05) is 43.4 Å². The Hall–Kier alpha value is -2.22. The van der Waals surface area contributed by atoms with E-state index >= 15 is 0 Å². The molecule has 0 amide bonds. The average molecular weight is 393 g/mol. The quantitative estimate of drug-likeness (QED) is 0.729. The van der Waals surface area contributed by atoms with Gasteiger partial charge < -0.3 is 9.30 Å². The zero-order valence-electron chi connectivity index (χ0n) is 16.6. The van der Waals surface area contributed by atoms with Gasteiger partial charge in [-0.25, -0.2) is 9.97 Å². The molecule has 1 saturated carbocycles. The number of thiol groups is 1. The molecule has 0 saturated heterocycles. The van der Waals surface area contributed by atoms with Gasteiger partial charge in [0.05, 0.1) is 12.8 Å². The molecule has 0 atom stereocenters. The maximum atomic E-state index is 12.6. The number of anilines is 1. The van der Waals surface area contributed by atoms with Crippen molar-refractivity contribution in [3.8, 4) is 17.0 Å². The second-order valence-corrected chi connectivity index (χ2v) is 10.5. The first-order valence-electron chi connectivity index (χ1n) is 9.21. The van der Waals surface area contributed by atoms with E-state index in [2.05, 4.69) is 4.98 Å². The normalized spacial score (nSPS) is 14.9. The molecule has 0 N–H and O–H groups in total. The SMILES string of the molecule is CCN(c1ncc(OCC2CC2)c(-c2cc(C)c(=O)n(C)c2)n1)[SH](C)(C)=O. The van der Waals surface area contributed by atoms with Crippen LogP contribution in [0.2, 0.25) is 0 Å². The molecule has 0 radical (unpaired) electrons. The summed E-state index contributed by atoms with van der Waals surface area (Å²) in [6.45, 7) is 4.89. The summed E-state index contributed by atoms with van der Waals surface area (Å²) in [7, 11) is -0.841. The van der Waals surface area contributed by atoms with Gasteiger partial charge in [0.25, 0.3) is 5.56 Å². The highest BCUT2D eigenvalue weighted by Crippen LogP contribution is 2.33. The maximum Gasteiger partial charge on any atom is 0.253 e. The third kappa shape index (κ3) is 4.37. The van der Waals surface area contributed by atoms with Crippen molar-refractivity contribution in [3.63, 3.8) is 0 Å². The van der Waals surface area contributed by atoms with Crippen LogP contribution in [0.5, 0.6) is 5.75 Å². The summed E-state index contributed by atoms with van der Waals surface area (Å²) in [5.74, 6) is 1.59. The van der Waals surface area contributed by atoms with Crippen LogP contribution in [0.15, 0.2) is 23.3 Å². The monoisotopic (exact) mass is 392 g/mol. The van der Waals surface area contributed by atoms with E-state index in [4.69, 9.17) is 9.72 Å². The number of aryl methyl sites for hydroxylation is 2. The van der Waals surface area contributed by atoms with E-state index in [9.17, 15) is 9.00 Å². The van der Waals surface area contributed by atoms with Crippen molar-refractivity contribution in [3.05, 3.63) is 34.4 Å². The second-order valence-electron chi connectivity index (χ2n) is 7.47. The molecule has 1 aliphatic carbocycles. The van der Waals surface area contributed by atoms with Gasteiger partial charge in [-0.15, -0.1) is 0 Å². The predicted octanol–water partition coefficient (Wildman–Crippen LogP) is 1.96. The molecule has 2 aromatic rings. The molecule has 0 aromatic carbocycles. The molecule has 1 fully saturated rings. The van der Waals surface area contributed by atoms with E-state index in [-0.39, 0.29) is 5.56 Å². The molecule has 7 nitrogen and oxygen atoms in total. The van der Waals surface area contributed by atoms with Gasteiger partial charge in [-0.2, -0.15) is 0 Å². The van der Waals surface area contributed by atoms with Crippen LogP contribution >= 0.6 is 0 Å². The van der Waals surface area contributed by atoms with E-state index in [1.165, 1.54) is 12.8 Å². The molecular weight excluding hydrogens is 364 g/mol. The van der Waals surface area contributed by atoms with Gasteiger partial charge in [-0.05, 0) is 48.8 Å². The number of pyridine rings is 1. The van der Waals surface area contributed by atoms with Gasteiger partial charge >= 0.3 is 0 Å². The van der Waals surface area contributed by atoms with Crippen molar-refractivity contribution in [2.75, 3.05) is 30.0 Å². The number of hydrogen-bond acceptors (Lipinski definition) is 5. The topological polar surface area (TPSA) is 77.3 Å². The number of nitrogens with zero attached hydrogens (tertiary/aromatic N) is 4. The fraction of sp³-hybridized carbons (Fsp3) is 0.526. The number of ether oxygens (including phenoxy) is 1. The summed E-state index contributed by atoms with van der Waals surface area (Å²) in [4.78, 5) is 21.2. The third-order valence-corrected chi connectivity index (χ3v) is 6.29. The van der Waals surface area contributed by atoms with Gasteiger partial charge in [0.15, 0.2) is 5.75 Å². The summed E-state index contributed by atoms with van der Waals surface area (Å²) >= 11 is 0. The Balaban J connectivity index is 2.10. The Morgan fingerprint density at radius 3 is 2.63 bits per heavy atom. The van der Waals surface area contributed by atoms with Crippen LogP contribution in [0.4, 0.5) is 5.95 Å². The molecule has 0 aliphatic heterocycles. The molecule has 3 rings (SSSR count). The van der Waals surface area contributed by atoms with Crippen LogP contribution < -0.4 is 14.6 Å². The first kappa shape index (κ1) is 19.5. The van der Waals surface area contributed by atoms with Crippen molar-refractivity contribution < 1.29 is 8.95 Å². The predicted molar refractivity (Wildman–Crippen MR) is 110 cm³/mol. The minimum absolute atomic E-state index is 0.0460. The summed E-state index contributed by atoms with van der Waals surface area (Å²) in [6, 6.07) is 1.81. The largest absolute Gasteiger partial charge is 0.489 e. The molecule has 27 heavy (non-hydrogen) atoms. The van der Waals surface area contributed by atoms with Crippen LogP contribution in [0.1, 0.15) is 25.3 Å². The van der Waals surface area contributed by atoms with Crippen LogP contribution in [-0.2, 0) is 17.2 Å².